The van der Waals surface area contributed by atoms with Crippen molar-refractivity contribution >= 4 is 35.8 Å². The number of carbonyl (C=O) groups excluding carboxylic acids is 3. The van der Waals surface area contributed by atoms with Crippen molar-refractivity contribution < 1.29 is 14.4 Å². The Bertz CT molecular complexity index is 647. The summed E-state index contributed by atoms with van der Waals surface area (Å²) in [5, 5.41) is 5.28. The van der Waals surface area contributed by atoms with Gasteiger partial charge in [0.1, 0.15) is 0 Å². The van der Waals surface area contributed by atoms with Gasteiger partial charge in [0.05, 0.1) is 5.92 Å². The standard InChI is InChI=1S/C18H23N3O3.ClH/c19-10-12-2-1-3-15(12)18(24)20-14-6-4-11(5-7-14)8-13-9-16(22)21-17(13)23;/h4-7,12-13,15H,1-3,8-10,19H2,(H,20,24)(H,21,22,23);1H/t12-,13?,15-;/m1./s1. The monoisotopic (exact) mass is 365 g/mol. The maximum atomic E-state index is 12.4. The summed E-state index contributed by atoms with van der Waals surface area (Å²) in [6, 6.07) is 7.46. The smallest absolute Gasteiger partial charge is 0.230 e. The van der Waals surface area contributed by atoms with Crippen LogP contribution in [0.4, 0.5) is 5.69 Å². The maximum Gasteiger partial charge on any atom is 0.230 e. The molecule has 1 aromatic rings. The lowest BCUT2D eigenvalue weighted by molar-refractivity contribution is -0.126. The van der Waals surface area contributed by atoms with Crippen LogP contribution in [0.25, 0.3) is 0 Å². The van der Waals surface area contributed by atoms with Gasteiger partial charge in [0.25, 0.3) is 0 Å². The van der Waals surface area contributed by atoms with Gasteiger partial charge in [-0.3, -0.25) is 19.7 Å². The highest BCUT2D eigenvalue weighted by Crippen LogP contribution is 2.32. The van der Waals surface area contributed by atoms with Crippen LogP contribution < -0.4 is 16.4 Å². The first-order valence-electron chi connectivity index (χ1n) is 8.50. The number of hydrogen-bond acceptors (Lipinski definition) is 4. The number of nitrogens with one attached hydrogen (secondary N) is 2. The summed E-state index contributed by atoms with van der Waals surface area (Å²) in [5.74, 6) is -0.380. The molecule has 2 fully saturated rings. The van der Waals surface area contributed by atoms with E-state index in [1.54, 1.807) is 0 Å². The van der Waals surface area contributed by atoms with Gasteiger partial charge < -0.3 is 11.1 Å². The van der Waals surface area contributed by atoms with E-state index in [1.165, 1.54) is 0 Å². The van der Waals surface area contributed by atoms with E-state index in [0.717, 1.165) is 30.5 Å². The predicted octanol–water partition coefficient (Wildman–Crippen LogP) is 1.63. The Kier molecular flexibility index (Phi) is 6.56. The molecule has 1 unspecified atom stereocenters. The van der Waals surface area contributed by atoms with E-state index >= 15 is 0 Å². The molecule has 2 aliphatic rings. The number of benzene rings is 1. The highest BCUT2D eigenvalue weighted by Gasteiger charge is 2.32. The minimum atomic E-state index is -0.290. The topological polar surface area (TPSA) is 101 Å². The van der Waals surface area contributed by atoms with Crippen molar-refractivity contribution in [1.82, 2.24) is 5.32 Å². The first-order chi connectivity index (χ1) is 11.6. The molecule has 0 spiro atoms. The maximum absolute atomic E-state index is 12.4. The number of carbonyl (C=O) groups is 3. The van der Waals surface area contributed by atoms with Gasteiger partial charge in [-0.1, -0.05) is 18.6 Å². The Balaban J connectivity index is 0.00000225. The van der Waals surface area contributed by atoms with Gasteiger partial charge in [-0.15, -0.1) is 12.4 Å². The van der Waals surface area contributed by atoms with Gasteiger partial charge in [-0.25, -0.2) is 0 Å². The van der Waals surface area contributed by atoms with Crippen LogP contribution in [0.3, 0.4) is 0 Å². The lowest BCUT2D eigenvalue weighted by Crippen LogP contribution is -2.29. The third-order valence-corrected chi connectivity index (χ3v) is 5.07. The molecule has 3 amide bonds. The molecule has 0 radical (unpaired) electrons. The van der Waals surface area contributed by atoms with Crippen molar-refractivity contribution in [3.8, 4) is 0 Å². The molecule has 4 N–H and O–H groups in total. The molecule has 0 aromatic heterocycles. The summed E-state index contributed by atoms with van der Waals surface area (Å²) in [6.07, 6.45) is 3.76. The second-order valence-electron chi connectivity index (χ2n) is 6.74. The fourth-order valence-corrected chi connectivity index (χ4v) is 3.68. The molecule has 1 saturated carbocycles. The lowest BCUT2D eigenvalue weighted by Gasteiger charge is -2.17. The average molecular weight is 366 g/mol. The molecule has 7 heteroatoms. The first kappa shape index (κ1) is 19.4. The first-order valence-corrected chi connectivity index (χ1v) is 8.50. The van der Waals surface area contributed by atoms with Gasteiger partial charge in [0.2, 0.25) is 17.7 Å². The van der Waals surface area contributed by atoms with Crippen LogP contribution in [0.2, 0.25) is 0 Å². The molecule has 3 atom stereocenters. The van der Waals surface area contributed by atoms with Crippen molar-refractivity contribution in [1.29, 1.82) is 0 Å². The molecule has 1 aromatic carbocycles. The van der Waals surface area contributed by atoms with Gasteiger partial charge in [-0.2, -0.15) is 0 Å². The van der Waals surface area contributed by atoms with Crippen LogP contribution >= 0.6 is 12.4 Å². The van der Waals surface area contributed by atoms with Crippen LogP contribution in [0.15, 0.2) is 24.3 Å². The van der Waals surface area contributed by atoms with Crippen LogP contribution in [-0.2, 0) is 20.8 Å². The molecule has 25 heavy (non-hydrogen) atoms. The summed E-state index contributed by atoms with van der Waals surface area (Å²) in [5.41, 5.74) is 7.46. The Morgan fingerprint density at radius 2 is 1.92 bits per heavy atom. The van der Waals surface area contributed by atoms with Crippen LogP contribution in [-0.4, -0.2) is 24.3 Å². The number of amides is 3. The number of halogens is 1. The Labute approximate surface area is 153 Å². The van der Waals surface area contributed by atoms with Crippen molar-refractivity contribution in [2.45, 2.75) is 32.1 Å². The SMILES string of the molecule is Cl.NC[C@H]1CCC[C@H]1C(=O)Nc1ccc(CC2CC(=O)NC2=O)cc1. The van der Waals surface area contributed by atoms with Gasteiger partial charge in [-0.05, 0) is 49.4 Å². The van der Waals surface area contributed by atoms with E-state index in [1.807, 2.05) is 24.3 Å². The summed E-state index contributed by atoms with van der Waals surface area (Å²) in [6.45, 7) is 0.555. The molecule has 6 nitrogen and oxygen atoms in total. The molecular formula is C18H24ClN3O3. The molecular weight excluding hydrogens is 342 g/mol. The van der Waals surface area contributed by atoms with Crippen molar-refractivity contribution in [2.24, 2.45) is 23.5 Å². The third kappa shape index (κ3) is 4.58. The van der Waals surface area contributed by atoms with Gasteiger partial charge in [0, 0.05) is 18.0 Å². The highest BCUT2D eigenvalue weighted by atomic mass is 35.5. The molecule has 3 rings (SSSR count). The van der Waals surface area contributed by atoms with Crippen molar-refractivity contribution in [3.63, 3.8) is 0 Å². The third-order valence-electron chi connectivity index (χ3n) is 5.07. The number of nitrogens with two attached hydrogens (primary N) is 1. The second kappa shape index (κ2) is 8.45. The predicted molar refractivity (Wildman–Crippen MR) is 97.2 cm³/mol. The summed E-state index contributed by atoms with van der Waals surface area (Å²) >= 11 is 0. The van der Waals surface area contributed by atoms with E-state index in [2.05, 4.69) is 10.6 Å². The number of hydrogen-bond donors (Lipinski definition) is 3. The van der Waals surface area contributed by atoms with E-state index in [4.69, 9.17) is 5.73 Å². The van der Waals surface area contributed by atoms with Crippen LogP contribution in [0, 0.1) is 17.8 Å². The Hall–Kier alpha value is -1.92. The van der Waals surface area contributed by atoms with Gasteiger partial charge >= 0.3 is 0 Å². The molecule has 1 aliphatic carbocycles. The molecule has 1 aliphatic heterocycles. The van der Waals surface area contributed by atoms with Crippen molar-refractivity contribution in [2.75, 3.05) is 11.9 Å². The molecule has 1 saturated heterocycles. The van der Waals surface area contributed by atoms with Crippen molar-refractivity contribution in [3.05, 3.63) is 29.8 Å². The Morgan fingerprint density at radius 1 is 1.20 bits per heavy atom. The average Bonchev–Trinajstić information content (AvgIpc) is 3.15. The minimum Gasteiger partial charge on any atom is -0.330 e. The normalized spacial score (nSPS) is 25.4. The lowest BCUT2D eigenvalue weighted by atomic mass is 9.95. The fourth-order valence-electron chi connectivity index (χ4n) is 3.68. The second-order valence-corrected chi connectivity index (χ2v) is 6.74. The fraction of sp³-hybridized carbons (Fsp3) is 0.500. The largest absolute Gasteiger partial charge is 0.330 e. The van der Waals surface area contributed by atoms with Crippen LogP contribution in [0.5, 0.6) is 0 Å². The minimum absolute atomic E-state index is 0. The Morgan fingerprint density at radius 3 is 2.52 bits per heavy atom. The quantitative estimate of drug-likeness (QED) is 0.690. The summed E-state index contributed by atoms with van der Waals surface area (Å²) < 4.78 is 0. The number of anilines is 1. The van der Waals surface area contributed by atoms with E-state index < -0.39 is 0 Å². The molecule has 0 bridgehead atoms. The number of rotatable bonds is 5. The molecule has 1 heterocycles. The zero-order valence-corrected chi connectivity index (χ0v) is 14.8. The van der Waals surface area contributed by atoms with Crippen LogP contribution in [0.1, 0.15) is 31.2 Å². The van der Waals surface area contributed by atoms with Gasteiger partial charge in [0.15, 0.2) is 0 Å². The van der Waals surface area contributed by atoms with E-state index in [9.17, 15) is 14.4 Å². The molecule has 136 valence electrons. The van der Waals surface area contributed by atoms with E-state index in [0.29, 0.717) is 13.0 Å². The zero-order valence-electron chi connectivity index (χ0n) is 14.0. The summed E-state index contributed by atoms with van der Waals surface area (Å²) in [4.78, 5) is 35.2. The number of imide groups is 1. The van der Waals surface area contributed by atoms with E-state index in [-0.39, 0.29) is 54.3 Å². The highest BCUT2D eigenvalue weighted by molar-refractivity contribution is 6.03. The zero-order chi connectivity index (χ0) is 17.1. The summed E-state index contributed by atoms with van der Waals surface area (Å²) in [7, 11) is 0.